The van der Waals surface area contributed by atoms with E-state index in [9.17, 15) is 9.59 Å². The Morgan fingerprint density at radius 1 is 1.50 bits per heavy atom. The van der Waals surface area contributed by atoms with Crippen molar-refractivity contribution in [1.29, 1.82) is 0 Å². The molecule has 2 aromatic rings. The highest BCUT2D eigenvalue weighted by molar-refractivity contribution is 7.17. The van der Waals surface area contributed by atoms with E-state index in [4.69, 9.17) is 5.73 Å². The molecular weight excluding hydrogens is 200 g/mol. The summed E-state index contributed by atoms with van der Waals surface area (Å²) in [4.78, 5) is 22.3. The smallest absolute Gasteiger partial charge is 0.259 e. The van der Waals surface area contributed by atoms with Crippen molar-refractivity contribution >= 4 is 27.3 Å². The van der Waals surface area contributed by atoms with Gasteiger partial charge in [0.05, 0.1) is 5.39 Å². The summed E-state index contributed by atoms with van der Waals surface area (Å²) in [5.41, 5.74) is 4.85. The van der Waals surface area contributed by atoms with E-state index in [0.29, 0.717) is 5.39 Å². The highest BCUT2D eigenvalue weighted by atomic mass is 32.1. The second-order valence-corrected chi connectivity index (χ2v) is 3.86. The number of nitrogens with zero attached hydrogens (tertiary/aromatic N) is 1. The van der Waals surface area contributed by atoms with E-state index in [1.807, 2.05) is 11.4 Å². The molecule has 0 aliphatic carbocycles. The van der Waals surface area contributed by atoms with Crippen LogP contribution in [0.25, 0.3) is 10.1 Å². The Kier molecular flexibility index (Phi) is 2.09. The number of amides is 1. The fourth-order valence-corrected chi connectivity index (χ4v) is 2.07. The van der Waals surface area contributed by atoms with Crippen molar-refractivity contribution in [3.05, 3.63) is 34.1 Å². The van der Waals surface area contributed by atoms with Crippen LogP contribution in [0.4, 0.5) is 0 Å². The molecule has 0 unspecified atom stereocenters. The summed E-state index contributed by atoms with van der Waals surface area (Å²) in [5, 5.41) is 2.49. The molecule has 4 nitrogen and oxygen atoms in total. The summed E-state index contributed by atoms with van der Waals surface area (Å²) in [5.74, 6) is -0.512. The summed E-state index contributed by atoms with van der Waals surface area (Å²) in [7, 11) is 0. The summed E-state index contributed by atoms with van der Waals surface area (Å²) in [6.45, 7) is -0.0649. The van der Waals surface area contributed by atoms with Crippen LogP contribution in [0.1, 0.15) is 0 Å². The standard InChI is InChI=1S/C9H8N2O2S/c10-8(12)5-11-3-1-7-6(9(11)13)2-4-14-7/h1-4H,5H2,(H2,10,12). The first kappa shape index (κ1) is 8.96. The fraction of sp³-hybridized carbons (Fsp3) is 0.111. The average molecular weight is 208 g/mol. The predicted octanol–water partition coefficient (Wildman–Crippen LogP) is 0.548. The van der Waals surface area contributed by atoms with Crippen molar-refractivity contribution in [3.63, 3.8) is 0 Å². The van der Waals surface area contributed by atoms with Crippen LogP contribution in [-0.4, -0.2) is 10.5 Å². The first-order chi connectivity index (χ1) is 6.68. The number of hydrogen-bond acceptors (Lipinski definition) is 3. The molecule has 2 rings (SSSR count). The monoisotopic (exact) mass is 208 g/mol. The molecule has 14 heavy (non-hydrogen) atoms. The zero-order valence-electron chi connectivity index (χ0n) is 7.27. The van der Waals surface area contributed by atoms with E-state index in [-0.39, 0.29) is 12.1 Å². The van der Waals surface area contributed by atoms with Gasteiger partial charge in [-0.05, 0) is 17.5 Å². The molecule has 0 fully saturated rings. The summed E-state index contributed by atoms with van der Waals surface area (Å²) in [6.07, 6.45) is 1.59. The minimum Gasteiger partial charge on any atom is -0.368 e. The number of rotatable bonds is 2. The number of nitrogens with two attached hydrogens (primary N) is 1. The maximum atomic E-state index is 11.7. The number of thiophene rings is 1. The van der Waals surface area contributed by atoms with E-state index < -0.39 is 5.91 Å². The third-order valence-corrected chi connectivity index (χ3v) is 2.80. The molecule has 0 aromatic carbocycles. The van der Waals surface area contributed by atoms with Gasteiger partial charge in [-0.2, -0.15) is 0 Å². The lowest BCUT2D eigenvalue weighted by atomic mass is 10.3. The summed E-state index contributed by atoms with van der Waals surface area (Å²) >= 11 is 1.50. The van der Waals surface area contributed by atoms with Gasteiger partial charge in [-0.15, -0.1) is 11.3 Å². The Balaban J connectivity index is 2.62. The van der Waals surface area contributed by atoms with E-state index in [1.165, 1.54) is 15.9 Å². The molecule has 0 saturated carbocycles. The largest absolute Gasteiger partial charge is 0.368 e. The maximum Gasteiger partial charge on any atom is 0.259 e. The van der Waals surface area contributed by atoms with Gasteiger partial charge in [-0.1, -0.05) is 0 Å². The van der Waals surface area contributed by atoms with Gasteiger partial charge in [0, 0.05) is 10.9 Å². The number of fused-ring (bicyclic) bond motifs is 1. The molecular formula is C9H8N2O2S. The molecule has 72 valence electrons. The van der Waals surface area contributed by atoms with Crippen molar-refractivity contribution < 1.29 is 4.79 Å². The minimum absolute atomic E-state index is 0.0649. The highest BCUT2D eigenvalue weighted by Crippen LogP contribution is 2.15. The molecule has 2 N–H and O–H groups in total. The van der Waals surface area contributed by atoms with Crippen LogP contribution in [0.2, 0.25) is 0 Å². The van der Waals surface area contributed by atoms with Crippen LogP contribution in [-0.2, 0) is 11.3 Å². The van der Waals surface area contributed by atoms with Crippen molar-refractivity contribution in [2.75, 3.05) is 0 Å². The Morgan fingerprint density at radius 2 is 2.29 bits per heavy atom. The van der Waals surface area contributed by atoms with Gasteiger partial charge < -0.3 is 10.3 Å². The van der Waals surface area contributed by atoms with E-state index in [0.717, 1.165) is 4.70 Å². The Labute approximate surface area is 83.6 Å². The third-order valence-electron chi connectivity index (χ3n) is 1.92. The lowest BCUT2D eigenvalue weighted by molar-refractivity contribution is -0.118. The van der Waals surface area contributed by atoms with Crippen LogP contribution in [0.5, 0.6) is 0 Å². The van der Waals surface area contributed by atoms with Crippen molar-refractivity contribution in [2.24, 2.45) is 5.73 Å². The molecule has 0 aliphatic rings. The van der Waals surface area contributed by atoms with Gasteiger partial charge in [-0.3, -0.25) is 9.59 Å². The van der Waals surface area contributed by atoms with E-state index >= 15 is 0 Å². The molecule has 0 aliphatic heterocycles. The van der Waals surface area contributed by atoms with Gasteiger partial charge in [0.2, 0.25) is 5.91 Å². The quantitative estimate of drug-likeness (QED) is 0.783. The van der Waals surface area contributed by atoms with Crippen LogP contribution < -0.4 is 11.3 Å². The molecule has 0 spiro atoms. The van der Waals surface area contributed by atoms with Gasteiger partial charge >= 0.3 is 0 Å². The molecule has 5 heteroatoms. The Morgan fingerprint density at radius 3 is 3.00 bits per heavy atom. The number of pyridine rings is 1. The van der Waals surface area contributed by atoms with E-state index in [2.05, 4.69) is 0 Å². The summed E-state index contributed by atoms with van der Waals surface area (Å²) in [6, 6.07) is 3.56. The number of primary amides is 1. The molecule has 2 aromatic heterocycles. The van der Waals surface area contributed by atoms with Crippen molar-refractivity contribution in [3.8, 4) is 0 Å². The second kappa shape index (κ2) is 3.26. The van der Waals surface area contributed by atoms with E-state index in [1.54, 1.807) is 12.3 Å². The van der Waals surface area contributed by atoms with Crippen LogP contribution in [0.3, 0.4) is 0 Å². The second-order valence-electron chi connectivity index (χ2n) is 2.91. The van der Waals surface area contributed by atoms with Crippen LogP contribution in [0.15, 0.2) is 28.5 Å². The first-order valence-electron chi connectivity index (χ1n) is 4.03. The normalized spacial score (nSPS) is 10.6. The van der Waals surface area contributed by atoms with Gasteiger partial charge in [0.15, 0.2) is 0 Å². The number of hydrogen-bond donors (Lipinski definition) is 1. The molecule has 1 amide bonds. The van der Waals surface area contributed by atoms with Gasteiger partial charge in [-0.25, -0.2) is 0 Å². The first-order valence-corrected chi connectivity index (χ1v) is 4.91. The predicted molar refractivity (Wildman–Crippen MR) is 55.3 cm³/mol. The molecule has 2 heterocycles. The zero-order chi connectivity index (χ0) is 10.1. The SMILES string of the molecule is NC(=O)Cn1ccc2sccc2c1=O. The minimum atomic E-state index is -0.512. The molecule has 0 atom stereocenters. The summed E-state index contributed by atoms with van der Waals surface area (Å²) < 4.78 is 2.24. The van der Waals surface area contributed by atoms with Crippen molar-refractivity contribution in [2.45, 2.75) is 6.54 Å². The zero-order valence-corrected chi connectivity index (χ0v) is 8.08. The number of aromatic nitrogens is 1. The third kappa shape index (κ3) is 1.42. The Bertz CT molecular complexity index is 541. The van der Waals surface area contributed by atoms with Crippen LogP contribution >= 0.6 is 11.3 Å². The number of carbonyl (C=O) groups is 1. The fourth-order valence-electron chi connectivity index (χ4n) is 1.30. The molecule has 0 bridgehead atoms. The molecule has 0 saturated heterocycles. The lowest BCUT2D eigenvalue weighted by Gasteiger charge is -2.01. The van der Waals surface area contributed by atoms with Gasteiger partial charge in [0.1, 0.15) is 6.54 Å². The lowest BCUT2D eigenvalue weighted by Crippen LogP contribution is -2.27. The highest BCUT2D eigenvalue weighted by Gasteiger charge is 2.04. The molecule has 0 radical (unpaired) electrons. The number of carbonyl (C=O) groups excluding carboxylic acids is 1. The topological polar surface area (TPSA) is 65.1 Å². The van der Waals surface area contributed by atoms with Gasteiger partial charge in [0.25, 0.3) is 5.56 Å². The maximum absolute atomic E-state index is 11.7. The average Bonchev–Trinajstić information content (AvgIpc) is 2.57. The Hall–Kier alpha value is -1.62. The van der Waals surface area contributed by atoms with Crippen LogP contribution in [0, 0.1) is 0 Å². The van der Waals surface area contributed by atoms with Crippen molar-refractivity contribution in [1.82, 2.24) is 4.57 Å².